The van der Waals surface area contributed by atoms with Crippen molar-refractivity contribution in [3.63, 3.8) is 0 Å². The van der Waals surface area contributed by atoms with Gasteiger partial charge in [-0.1, -0.05) is 29.3 Å². The lowest BCUT2D eigenvalue weighted by Crippen LogP contribution is -2.45. The molecule has 0 unspecified atom stereocenters. The van der Waals surface area contributed by atoms with E-state index in [4.69, 9.17) is 23.2 Å². The van der Waals surface area contributed by atoms with Crippen LogP contribution in [0.1, 0.15) is 31.1 Å². The first-order valence-corrected chi connectivity index (χ1v) is 6.14. The third-order valence-corrected chi connectivity index (χ3v) is 2.78. The number of hydrogen-bond acceptors (Lipinski definition) is 3. The third kappa shape index (κ3) is 3.43. The van der Waals surface area contributed by atoms with Crippen molar-refractivity contribution < 1.29 is 4.79 Å². The second-order valence-electron chi connectivity index (χ2n) is 4.75. The molecule has 0 atom stereocenters. The zero-order valence-corrected chi connectivity index (χ0v) is 12.1. The third-order valence-electron chi connectivity index (χ3n) is 2.32. The van der Waals surface area contributed by atoms with Gasteiger partial charge >= 0.3 is 0 Å². The summed E-state index contributed by atoms with van der Waals surface area (Å²) in [7, 11) is 0. The van der Waals surface area contributed by atoms with E-state index in [1.54, 1.807) is 11.0 Å². The molecule has 0 aliphatic carbocycles. The van der Waals surface area contributed by atoms with Crippen LogP contribution in [0, 0.1) is 0 Å². The molecule has 1 aromatic heterocycles. The van der Waals surface area contributed by atoms with Crippen LogP contribution in [0.5, 0.6) is 0 Å². The molecule has 0 aliphatic rings. The van der Waals surface area contributed by atoms with Gasteiger partial charge in [-0.25, -0.2) is 0 Å². The Labute approximate surface area is 117 Å². The highest BCUT2D eigenvalue weighted by atomic mass is 35.5. The van der Waals surface area contributed by atoms with Crippen LogP contribution in [0.4, 0.5) is 0 Å². The number of amides is 1. The first-order chi connectivity index (χ1) is 8.27. The van der Waals surface area contributed by atoms with Gasteiger partial charge in [-0.2, -0.15) is 0 Å². The summed E-state index contributed by atoms with van der Waals surface area (Å²) in [5, 5.41) is 7.39. The fourth-order valence-electron chi connectivity index (χ4n) is 1.44. The maximum atomic E-state index is 12.4. The van der Waals surface area contributed by atoms with Crippen LogP contribution in [-0.4, -0.2) is 33.1 Å². The number of nitrogens with zero attached hydrogens (tertiary/aromatic N) is 3. The summed E-state index contributed by atoms with van der Waals surface area (Å²) in [5.41, 5.74) is -0.113. The molecule has 0 aliphatic heterocycles. The van der Waals surface area contributed by atoms with Crippen molar-refractivity contribution >= 4 is 29.1 Å². The summed E-state index contributed by atoms with van der Waals surface area (Å²) in [4.78, 5) is 14.1. The maximum absolute atomic E-state index is 12.4. The molecule has 0 radical (unpaired) electrons. The van der Waals surface area contributed by atoms with Gasteiger partial charge < -0.3 is 4.90 Å². The number of hydrogen-bond donors (Lipinski definition) is 0. The van der Waals surface area contributed by atoms with Crippen molar-refractivity contribution in [3.8, 4) is 0 Å². The molecule has 0 N–H and O–H groups in total. The number of carbonyl (C=O) groups is 1. The SMILES string of the molecule is C=CCN(C(=O)c1cc(Cl)nnc1Cl)C(C)(C)C. The average Bonchev–Trinajstić information content (AvgIpc) is 2.27. The minimum absolute atomic E-state index is 0.0442. The van der Waals surface area contributed by atoms with Gasteiger partial charge in [0, 0.05) is 12.1 Å². The lowest BCUT2D eigenvalue weighted by Gasteiger charge is -2.35. The summed E-state index contributed by atoms with van der Waals surface area (Å²) in [6.45, 7) is 9.85. The Morgan fingerprint density at radius 3 is 2.56 bits per heavy atom. The van der Waals surface area contributed by atoms with Crippen molar-refractivity contribution in [2.24, 2.45) is 0 Å². The van der Waals surface area contributed by atoms with Crippen molar-refractivity contribution in [1.29, 1.82) is 0 Å². The molecule has 0 fully saturated rings. The number of halogens is 2. The second-order valence-corrected chi connectivity index (χ2v) is 5.49. The molecule has 98 valence electrons. The molecule has 0 saturated heterocycles. The van der Waals surface area contributed by atoms with Gasteiger partial charge in [-0.05, 0) is 26.8 Å². The molecule has 0 aromatic carbocycles. The standard InChI is InChI=1S/C12H15Cl2N3O/c1-5-6-17(12(2,3)4)11(18)8-7-9(13)15-16-10(8)14/h5,7H,1,6H2,2-4H3. The van der Waals surface area contributed by atoms with Crippen molar-refractivity contribution in [1.82, 2.24) is 15.1 Å². The average molecular weight is 288 g/mol. The smallest absolute Gasteiger partial charge is 0.257 e. The second kappa shape index (κ2) is 5.67. The Balaban J connectivity index is 3.17. The Kier molecular flexibility index (Phi) is 4.71. The van der Waals surface area contributed by atoms with Gasteiger partial charge in [-0.3, -0.25) is 4.79 Å². The normalized spacial score (nSPS) is 11.2. The van der Waals surface area contributed by atoms with E-state index in [9.17, 15) is 4.79 Å². The topological polar surface area (TPSA) is 46.1 Å². The van der Waals surface area contributed by atoms with Crippen LogP contribution >= 0.6 is 23.2 Å². The largest absolute Gasteiger partial charge is 0.330 e. The van der Waals surface area contributed by atoms with Crippen LogP contribution < -0.4 is 0 Å². The Morgan fingerprint density at radius 2 is 2.06 bits per heavy atom. The van der Waals surface area contributed by atoms with Gasteiger partial charge in [0.15, 0.2) is 10.3 Å². The summed E-state index contributed by atoms with van der Waals surface area (Å²) in [6.07, 6.45) is 1.66. The highest BCUT2D eigenvalue weighted by molar-refractivity contribution is 6.34. The van der Waals surface area contributed by atoms with Gasteiger partial charge in [0.1, 0.15) is 0 Å². The zero-order chi connectivity index (χ0) is 13.9. The quantitative estimate of drug-likeness (QED) is 0.802. The minimum Gasteiger partial charge on any atom is -0.330 e. The number of carbonyl (C=O) groups excluding carboxylic acids is 1. The lowest BCUT2D eigenvalue weighted by molar-refractivity contribution is 0.0616. The van der Waals surface area contributed by atoms with E-state index in [0.29, 0.717) is 6.54 Å². The molecule has 0 spiro atoms. The Hall–Kier alpha value is -1.13. The van der Waals surface area contributed by atoms with Crippen LogP contribution in [0.15, 0.2) is 18.7 Å². The minimum atomic E-state index is -0.357. The fraction of sp³-hybridized carbons (Fsp3) is 0.417. The molecule has 6 heteroatoms. The monoisotopic (exact) mass is 287 g/mol. The highest BCUT2D eigenvalue weighted by Gasteiger charge is 2.28. The lowest BCUT2D eigenvalue weighted by atomic mass is 10.0. The highest BCUT2D eigenvalue weighted by Crippen LogP contribution is 2.22. The molecule has 1 amide bonds. The van der Waals surface area contributed by atoms with Crippen LogP contribution in [0.2, 0.25) is 10.3 Å². The Bertz CT molecular complexity index is 469. The van der Waals surface area contributed by atoms with E-state index in [2.05, 4.69) is 16.8 Å². The summed E-state index contributed by atoms with van der Waals surface area (Å²) in [6, 6.07) is 1.42. The van der Waals surface area contributed by atoms with E-state index >= 15 is 0 Å². The zero-order valence-electron chi connectivity index (χ0n) is 10.6. The molecule has 1 aromatic rings. The number of aromatic nitrogens is 2. The summed E-state index contributed by atoms with van der Waals surface area (Å²) in [5.74, 6) is -0.246. The van der Waals surface area contributed by atoms with Crippen molar-refractivity contribution in [2.45, 2.75) is 26.3 Å². The van der Waals surface area contributed by atoms with E-state index in [1.165, 1.54) is 6.07 Å². The van der Waals surface area contributed by atoms with Gasteiger partial charge in [0.25, 0.3) is 5.91 Å². The van der Waals surface area contributed by atoms with E-state index in [0.717, 1.165) is 0 Å². The maximum Gasteiger partial charge on any atom is 0.257 e. The van der Waals surface area contributed by atoms with Crippen LogP contribution in [0.3, 0.4) is 0 Å². The molecule has 1 heterocycles. The van der Waals surface area contributed by atoms with E-state index in [-0.39, 0.29) is 27.3 Å². The summed E-state index contributed by atoms with van der Waals surface area (Å²) >= 11 is 11.6. The molecule has 0 bridgehead atoms. The molecular formula is C12H15Cl2N3O. The first-order valence-electron chi connectivity index (χ1n) is 5.39. The van der Waals surface area contributed by atoms with E-state index < -0.39 is 0 Å². The van der Waals surface area contributed by atoms with Crippen molar-refractivity contribution in [2.75, 3.05) is 6.54 Å². The van der Waals surface area contributed by atoms with Crippen LogP contribution in [0.25, 0.3) is 0 Å². The molecule has 1 rings (SSSR count). The number of rotatable bonds is 3. The first kappa shape index (κ1) is 14.9. The van der Waals surface area contributed by atoms with E-state index in [1.807, 2.05) is 20.8 Å². The van der Waals surface area contributed by atoms with Gasteiger partial charge in [0.2, 0.25) is 0 Å². The predicted octanol–water partition coefficient (Wildman–Crippen LogP) is 3.21. The molecule has 0 saturated carbocycles. The van der Waals surface area contributed by atoms with Gasteiger partial charge in [-0.15, -0.1) is 16.8 Å². The molecule has 18 heavy (non-hydrogen) atoms. The molecule has 4 nitrogen and oxygen atoms in total. The fourth-order valence-corrected chi connectivity index (χ4v) is 1.76. The van der Waals surface area contributed by atoms with Gasteiger partial charge in [0.05, 0.1) is 5.56 Å². The van der Waals surface area contributed by atoms with Crippen molar-refractivity contribution in [3.05, 3.63) is 34.6 Å². The predicted molar refractivity (Wildman–Crippen MR) is 73.0 cm³/mol. The summed E-state index contributed by atoms with van der Waals surface area (Å²) < 4.78 is 0. The van der Waals surface area contributed by atoms with Crippen LogP contribution in [-0.2, 0) is 0 Å². The molecular weight excluding hydrogens is 273 g/mol. The Morgan fingerprint density at radius 1 is 1.44 bits per heavy atom.